The topological polar surface area (TPSA) is 45.7 Å². The van der Waals surface area contributed by atoms with Crippen LogP contribution in [-0.2, 0) is 6.42 Å². The zero-order valence-corrected chi connectivity index (χ0v) is 18.6. The van der Waals surface area contributed by atoms with Gasteiger partial charge in [0.05, 0.1) is 16.8 Å². The molecule has 1 aliphatic rings. The summed E-state index contributed by atoms with van der Waals surface area (Å²) in [5.74, 6) is 0.848. The van der Waals surface area contributed by atoms with E-state index in [-0.39, 0.29) is 5.91 Å². The maximum atomic E-state index is 13.0. The van der Waals surface area contributed by atoms with E-state index in [1.165, 1.54) is 10.3 Å². The molecule has 1 aliphatic heterocycles. The van der Waals surface area contributed by atoms with Crippen LogP contribution in [0.5, 0.6) is 5.75 Å². The van der Waals surface area contributed by atoms with Crippen molar-refractivity contribution in [3.63, 3.8) is 0 Å². The zero-order valence-electron chi connectivity index (χ0n) is 17.8. The van der Waals surface area contributed by atoms with Gasteiger partial charge in [0.1, 0.15) is 5.75 Å². The maximum absolute atomic E-state index is 13.0. The summed E-state index contributed by atoms with van der Waals surface area (Å²) in [5, 5.41) is 1.05. The molecule has 4 rings (SSSR count). The predicted molar refractivity (Wildman–Crippen MR) is 124 cm³/mol. The number of fused-ring (bicyclic) bond motifs is 1. The molecule has 1 amide bonds. The number of piperazine rings is 1. The monoisotopic (exact) mass is 423 g/mol. The number of benzene rings is 2. The number of amides is 1. The quantitative estimate of drug-likeness (QED) is 0.502. The van der Waals surface area contributed by atoms with E-state index in [9.17, 15) is 4.79 Å². The second kappa shape index (κ2) is 9.47. The number of carbonyl (C=O) groups excluding carboxylic acids is 1. The molecule has 0 saturated carbocycles. The molecule has 30 heavy (non-hydrogen) atoms. The van der Waals surface area contributed by atoms with Crippen LogP contribution >= 0.6 is 11.3 Å². The van der Waals surface area contributed by atoms with Crippen molar-refractivity contribution in [1.29, 1.82) is 0 Å². The lowest BCUT2D eigenvalue weighted by molar-refractivity contribution is 0.0746. The van der Waals surface area contributed by atoms with Gasteiger partial charge in [-0.05, 0) is 48.7 Å². The van der Waals surface area contributed by atoms with Gasteiger partial charge in [0.15, 0.2) is 5.13 Å². The summed E-state index contributed by atoms with van der Waals surface area (Å²) >= 11 is 1.75. The Kier molecular flexibility index (Phi) is 6.53. The number of anilines is 1. The number of aryl methyl sites for hydroxylation is 1. The summed E-state index contributed by atoms with van der Waals surface area (Å²) in [6, 6.07) is 14.1. The molecular weight excluding hydrogens is 394 g/mol. The molecule has 158 valence electrons. The summed E-state index contributed by atoms with van der Waals surface area (Å²) in [6.07, 6.45) is 3.15. The molecule has 1 saturated heterocycles. The van der Waals surface area contributed by atoms with E-state index < -0.39 is 0 Å². The van der Waals surface area contributed by atoms with E-state index in [4.69, 9.17) is 9.72 Å². The molecular formula is C24H29N3O2S. The van der Waals surface area contributed by atoms with E-state index >= 15 is 0 Å². The van der Waals surface area contributed by atoms with Crippen molar-refractivity contribution in [2.75, 3.05) is 37.7 Å². The van der Waals surface area contributed by atoms with Crippen molar-refractivity contribution in [2.45, 2.75) is 33.1 Å². The SMILES string of the molecule is CCCCOc1cccc(C(=O)N2CCN(c3nc4ccc(CC)cc4s3)CC2)c1. The average Bonchev–Trinajstić information content (AvgIpc) is 3.22. The molecule has 6 heteroatoms. The van der Waals surface area contributed by atoms with Crippen molar-refractivity contribution in [3.05, 3.63) is 53.6 Å². The molecule has 0 N–H and O–H groups in total. The Labute approximate surface area is 182 Å². The molecule has 0 radical (unpaired) electrons. The normalized spacial score (nSPS) is 14.3. The van der Waals surface area contributed by atoms with Gasteiger partial charge in [-0.2, -0.15) is 0 Å². The van der Waals surface area contributed by atoms with E-state index in [2.05, 4.69) is 36.9 Å². The second-order valence-electron chi connectivity index (χ2n) is 7.66. The van der Waals surface area contributed by atoms with Crippen LogP contribution in [0, 0.1) is 0 Å². The van der Waals surface area contributed by atoms with E-state index in [1.807, 2.05) is 29.2 Å². The maximum Gasteiger partial charge on any atom is 0.254 e. The predicted octanol–water partition coefficient (Wildman–Crippen LogP) is 5.00. The number of nitrogens with zero attached hydrogens (tertiary/aromatic N) is 3. The Balaban J connectivity index is 1.38. The van der Waals surface area contributed by atoms with Gasteiger partial charge in [-0.25, -0.2) is 4.98 Å². The van der Waals surface area contributed by atoms with E-state index in [0.29, 0.717) is 25.3 Å². The van der Waals surface area contributed by atoms with Gasteiger partial charge in [-0.1, -0.05) is 43.7 Å². The highest BCUT2D eigenvalue weighted by Gasteiger charge is 2.24. The second-order valence-corrected chi connectivity index (χ2v) is 8.67. The third-order valence-corrected chi connectivity index (χ3v) is 6.61. The molecule has 2 aromatic carbocycles. The van der Waals surface area contributed by atoms with E-state index in [0.717, 1.165) is 48.7 Å². The number of rotatable bonds is 7. The molecule has 1 aromatic heterocycles. The summed E-state index contributed by atoms with van der Waals surface area (Å²) in [7, 11) is 0. The highest BCUT2D eigenvalue weighted by molar-refractivity contribution is 7.22. The van der Waals surface area contributed by atoms with E-state index in [1.54, 1.807) is 11.3 Å². The first-order chi connectivity index (χ1) is 14.7. The van der Waals surface area contributed by atoms with Gasteiger partial charge in [0.25, 0.3) is 5.91 Å². The van der Waals surface area contributed by atoms with Crippen molar-refractivity contribution >= 4 is 32.6 Å². The number of aromatic nitrogens is 1. The Morgan fingerprint density at radius 2 is 1.93 bits per heavy atom. The zero-order chi connectivity index (χ0) is 20.9. The first-order valence-electron chi connectivity index (χ1n) is 10.8. The Morgan fingerprint density at radius 1 is 1.10 bits per heavy atom. The lowest BCUT2D eigenvalue weighted by Crippen LogP contribution is -2.48. The number of hydrogen-bond acceptors (Lipinski definition) is 5. The minimum absolute atomic E-state index is 0.0764. The number of carbonyl (C=O) groups is 1. The number of unbranched alkanes of at least 4 members (excludes halogenated alkanes) is 1. The molecule has 0 unspecified atom stereocenters. The largest absolute Gasteiger partial charge is 0.494 e. The van der Waals surface area contributed by atoms with Gasteiger partial charge >= 0.3 is 0 Å². The number of thiazole rings is 1. The third kappa shape index (κ3) is 4.59. The fraction of sp³-hybridized carbons (Fsp3) is 0.417. The van der Waals surface area contributed by atoms with Crippen molar-refractivity contribution in [1.82, 2.24) is 9.88 Å². The minimum Gasteiger partial charge on any atom is -0.494 e. The first kappa shape index (κ1) is 20.7. The highest BCUT2D eigenvalue weighted by atomic mass is 32.1. The fourth-order valence-corrected chi connectivity index (χ4v) is 4.73. The van der Waals surface area contributed by atoms with Crippen LogP contribution in [0.3, 0.4) is 0 Å². The molecule has 5 nitrogen and oxygen atoms in total. The summed E-state index contributed by atoms with van der Waals surface area (Å²) in [5.41, 5.74) is 3.10. The summed E-state index contributed by atoms with van der Waals surface area (Å²) < 4.78 is 7.00. The van der Waals surface area contributed by atoms with Gasteiger partial charge < -0.3 is 14.5 Å². The third-order valence-electron chi connectivity index (χ3n) is 5.53. The van der Waals surface area contributed by atoms with Crippen LogP contribution in [0.25, 0.3) is 10.2 Å². The minimum atomic E-state index is 0.0764. The lowest BCUT2D eigenvalue weighted by Gasteiger charge is -2.34. The highest BCUT2D eigenvalue weighted by Crippen LogP contribution is 2.30. The Morgan fingerprint density at radius 3 is 2.70 bits per heavy atom. The molecule has 2 heterocycles. The smallest absolute Gasteiger partial charge is 0.254 e. The van der Waals surface area contributed by atoms with Crippen LogP contribution < -0.4 is 9.64 Å². The number of hydrogen-bond donors (Lipinski definition) is 0. The molecule has 1 fully saturated rings. The van der Waals surface area contributed by atoms with Crippen LogP contribution in [0.4, 0.5) is 5.13 Å². The lowest BCUT2D eigenvalue weighted by atomic mass is 10.1. The average molecular weight is 424 g/mol. The van der Waals surface area contributed by atoms with Crippen molar-refractivity contribution < 1.29 is 9.53 Å². The number of ether oxygens (including phenoxy) is 1. The van der Waals surface area contributed by atoms with Gasteiger partial charge in [0.2, 0.25) is 0 Å². The molecule has 0 bridgehead atoms. The van der Waals surface area contributed by atoms with Crippen LogP contribution in [0.2, 0.25) is 0 Å². The standard InChI is InChI=1S/C24H29N3O2S/c1-3-5-15-29-20-8-6-7-19(17-20)23(28)26-11-13-27(14-12-26)24-25-21-10-9-18(4-2)16-22(21)30-24/h6-10,16-17H,3-5,11-15H2,1-2H3. The van der Waals surface area contributed by atoms with Crippen LogP contribution in [-0.4, -0.2) is 48.6 Å². The van der Waals surface area contributed by atoms with Gasteiger partial charge in [-0.15, -0.1) is 0 Å². The van der Waals surface area contributed by atoms with Gasteiger partial charge in [-0.3, -0.25) is 4.79 Å². The summed E-state index contributed by atoms with van der Waals surface area (Å²) in [4.78, 5) is 22.0. The van der Waals surface area contributed by atoms with Crippen LogP contribution in [0.15, 0.2) is 42.5 Å². The molecule has 0 aliphatic carbocycles. The van der Waals surface area contributed by atoms with Crippen molar-refractivity contribution in [3.8, 4) is 5.75 Å². The fourth-order valence-electron chi connectivity index (χ4n) is 3.65. The molecule has 0 atom stereocenters. The molecule has 3 aromatic rings. The van der Waals surface area contributed by atoms with Crippen molar-refractivity contribution in [2.24, 2.45) is 0 Å². The molecule has 0 spiro atoms. The van der Waals surface area contributed by atoms with Crippen LogP contribution in [0.1, 0.15) is 42.6 Å². The Bertz CT molecular complexity index is 1010. The summed E-state index contributed by atoms with van der Waals surface area (Å²) in [6.45, 7) is 8.02. The first-order valence-corrected chi connectivity index (χ1v) is 11.7. The Hall–Kier alpha value is -2.60. The van der Waals surface area contributed by atoms with Gasteiger partial charge in [0, 0.05) is 31.7 Å².